The number of carbonyl (C=O) groups excluding carboxylic acids is 1. The molecule has 0 bridgehead atoms. The maximum Gasteiger partial charge on any atom is 0.293 e. The number of rotatable bonds is 6. The summed E-state index contributed by atoms with van der Waals surface area (Å²) in [5, 5.41) is 19.1. The number of halogens is 1. The number of amides is 1. The number of hydrogen-bond donors (Lipinski definition) is 2. The summed E-state index contributed by atoms with van der Waals surface area (Å²) in [5.41, 5.74) is 9.24. The van der Waals surface area contributed by atoms with Crippen LogP contribution in [0.25, 0.3) is 5.82 Å². The average Bonchev–Trinajstić information content (AvgIpc) is 3.44. The number of nitrogens with zero attached hydrogens (tertiary/aromatic N) is 7. The zero-order chi connectivity index (χ0) is 20.2. The van der Waals surface area contributed by atoms with Crippen molar-refractivity contribution in [2.75, 3.05) is 18.8 Å². The van der Waals surface area contributed by atoms with Crippen molar-refractivity contribution in [3.63, 3.8) is 0 Å². The highest BCUT2D eigenvalue weighted by atomic mass is 19.1. The van der Waals surface area contributed by atoms with Crippen molar-refractivity contribution in [2.45, 2.75) is 19.4 Å². The molecule has 0 spiro atoms. The molecule has 1 aliphatic heterocycles. The van der Waals surface area contributed by atoms with Gasteiger partial charge in [0, 0.05) is 6.54 Å². The molecule has 0 unspecified atom stereocenters. The standard InChI is InChI=1S/C17H18FN9O2/c18-12-5-3-4-11(8-12)9-20-22-17(28)14-13(10-26-6-1-2-7-26)27(25-21-14)16-15(19)23-29-24-16/h3-5,8-9H,1-2,6-7,10H2,(H2,19,23)(H,22,28)/b20-9-. The normalized spacial score (nSPS) is 14.7. The Morgan fingerprint density at radius 1 is 1.34 bits per heavy atom. The quantitative estimate of drug-likeness (QED) is 0.457. The van der Waals surface area contributed by atoms with Crippen LogP contribution in [0.2, 0.25) is 0 Å². The van der Waals surface area contributed by atoms with Crippen molar-refractivity contribution >= 4 is 17.9 Å². The first-order chi connectivity index (χ1) is 14.1. The molecule has 0 radical (unpaired) electrons. The van der Waals surface area contributed by atoms with Gasteiger partial charge in [0.05, 0.1) is 11.9 Å². The van der Waals surface area contributed by atoms with E-state index in [-0.39, 0.29) is 17.3 Å². The summed E-state index contributed by atoms with van der Waals surface area (Å²) in [7, 11) is 0. The molecule has 0 aliphatic carbocycles. The van der Waals surface area contributed by atoms with Gasteiger partial charge in [-0.15, -0.1) is 5.10 Å². The summed E-state index contributed by atoms with van der Waals surface area (Å²) in [6, 6.07) is 5.83. The van der Waals surface area contributed by atoms with Crippen LogP contribution in [0.3, 0.4) is 0 Å². The van der Waals surface area contributed by atoms with Crippen molar-refractivity contribution < 1.29 is 13.8 Å². The Balaban J connectivity index is 1.57. The maximum atomic E-state index is 13.2. The van der Waals surface area contributed by atoms with Crippen molar-refractivity contribution in [3.05, 3.63) is 47.0 Å². The Kier molecular flexibility index (Phi) is 5.24. The zero-order valence-corrected chi connectivity index (χ0v) is 15.3. The van der Waals surface area contributed by atoms with Crippen LogP contribution in [0.5, 0.6) is 0 Å². The van der Waals surface area contributed by atoms with Gasteiger partial charge in [-0.2, -0.15) is 9.78 Å². The lowest BCUT2D eigenvalue weighted by Crippen LogP contribution is -2.25. The fourth-order valence-electron chi connectivity index (χ4n) is 3.09. The third kappa shape index (κ3) is 4.11. The van der Waals surface area contributed by atoms with Crippen LogP contribution in [0, 0.1) is 5.82 Å². The number of carbonyl (C=O) groups is 1. The number of nitrogens with two attached hydrogens (primary N) is 1. The fourth-order valence-corrected chi connectivity index (χ4v) is 3.09. The van der Waals surface area contributed by atoms with E-state index in [0.717, 1.165) is 25.9 Å². The summed E-state index contributed by atoms with van der Waals surface area (Å²) in [6.45, 7) is 2.22. The third-order valence-corrected chi connectivity index (χ3v) is 4.47. The predicted molar refractivity (Wildman–Crippen MR) is 99.6 cm³/mol. The van der Waals surface area contributed by atoms with E-state index < -0.39 is 11.7 Å². The molecule has 1 amide bonds. The lowest BCUT2D eigenvalue weighted by atomic mass is 10.2. The molecule has 150 valence electrons. The zero-order valence-electron chi connectivity index (χ0n) is 15.3. The Morgan fingerprint density at radius 3 is 2.90 bits per heavy atom. The molecule has 1 saturated heterocycles. The first-order valence-electron chi connectivity index (χ1n) is 8.96. The fraction of sp³-hybridized carbons (Fsp3) is 0.294. The molecule has 0 atom stereocenters. The van der Waals surface area contributed by atoms with Gasteiger partial charge >= 0.3 is 0 Å². The van der Waals surface area contributed by atoms with Crippen LogP contribution in [-0.4, -0.2) is 55.4 Å². The number of benzene rings is 1. The van der Waals surface area contributed by atoms with E-state index in [1.54, 1.807) is 12.1 Å². The minimum atomic E-state index is -0.562. The van der Waals surface area contributed by atoms with Crippen LogP contribution in [0.15, 0.2) is 34.0 Å². The highest BCUT2D eigenvalue weighted by Crippen LogP contribution is 2.19. The lowest BCUT2D eigenvalue weighted by Gasteiger charge is -2.15. The smallest absolute Gasteiger partial charge is 0.293 e. The molecule has 11 nitrogen and oxygen atoms in total. The predicted octanol–water partition coefficient (Wildman–Crippen LogP) is 0.731. The van der Waals surface area contributed by atoms with Gasteiger partial charge in [0.2, 0.25) is 11.6 Å². The first kappa shape index (κ1) is 18.7. The minimum Gasteiger partial charge on any atom is -0.378 e. The van der Waals surface area contributed by atoms with Crippen LogP contribution in [0.4, 0.5) is 10.2 Å². The Morgan fingerprint density at radius 2 is 2.17 bits per heavy atom. The summed E-state index contributed by atoms with van der Waals surface area (Å²) < 4.78 is 19.2. The molecule has 3 N–H and O–H groups in total. The monoisotopic (exact) mass is 399 g/mol. The second-order valence-electron chi connectivity index (χ2n) is 6.51. The number of aromatic nitrogens is 5. The maximum absolute atomic E-state index is 13.2. The molecular formula is C17H18FN9O2. The molecule has 1 aliphatic rings. The minimum absolute atomic E-state index is 0.0358. The third-order valence-electron chi connectivity index (χ3n) is 4.47. The van der Waals surface area contributed by atoms with Crippen molar-refractivity contribution in [3.8, 4) is 5.82 Å². The molecule has 3 aromatic rings. The lowest BCUT2D eigenvalue weighted by molar-refractivity contribution is 0.0948. The molecular weight excluding hydrogens is 381 g/mol. The van der Waals surface area contributed by atoms with Crippen molar-refractivity contribution in [2.24, 2.45) is 5.10 Å². The van der Waals surface area contributed by atoms with Gasteiger partial charge in [-0.1, -0.05) is 17.3 Å². The molecule has 3 heterocycles. The van der Waals surface area contributed by atoms with Crippen LogP contribution in [0.1, 0.15) is 34.6 Å². The summed E-state index contributed by atoms with van der Waals surface area (Å²) >= 11 is 0. The van der Waals surface area contributed by atoms with Gasteiger partial charge in [-0.3, -0.25) is 9.69 Å². The van der Waals surface area contributed by atoms with E-state index in [2.05, 4.69) is 40.7 Å². The Labute approximate surface area is 164 Å². The van der Waals surface area contributed by atoms with Crippen LogP contribution < -0.4 is 11.2 Å². The van der Waals surface area contributed by atoms with E-state index in [1.807, 2.05) is 0 Å². The number of hydrazone groups is 1. The Bertz CT molecular complexity index is 1040. The summed E-state index contributed by atoms with van der Waals surface area (Å²) in [5.74, 6) is -0.759. The second-order valence-corrected chi connectivity index (χ2v) is 6.51. The first-order valence-corrected chi connectivity index (χ1v) is 8.96. The Hall–Kier alpha value is -3.67. The highest BCUT2D eigenvalue weighted by Gasteiger charge is 2.26. The van der Waals surface area contributed by atoms with Crippen LogP contribution >= 0.6 is 0 Å². The van der Waals surface area contributed by atoms with Gasteiger partial charge in [0.15, 0.2) is 5.69 Å². The summed E-state index contributed by atoms with van der Waals surface area (Å²) in [4.78, 5) is 14.8. The molecule has 12 heteroatoms. The number of likely N-dealkylation sites (tertiary alicyclic amines) is 1. The van der Waals surface area contributed by atoms with Crippen molar-refractivity contribution in [1.29, 1.82) is 0 Å². The van der Waals surface area contributed by atoms with E-state index in [0.29, 0.717) is 17.8 Å². The largest absolute Gasteiger partial charge is 0.378 e. The molecule has 29 heavy (non-hydrogen) atoms. The molecule has 1 aromatic carbocycles. The van der Waals surface area contributed by atoms with E-state index >= 15 is 0 Å². The second kappa shape index (κ2) is 8.14. The highest BCUT2D eigenvalue weighted by molar-refractivity contribution is 5.94. The van der Waals surface area contributed by atoms with E-state index in [1.165, 1.54) is 23.0 Å². The number of nitrogens with one attached hydrogen (secondary N) is 1. The van der Waals surface area contributed by atoms with E-state index in [4.69, 9.17) is 5.73 Å². The SMILES string of the molecule is Nc1nonc1-n1nnc(C(=O)N/N=C\c2cccc(F)c2)c1CN1CCCC1. The van der Waals surface area contributed by atoms with E-state index in [9.17, 15) is 9.18 Å². The van der Waals surface area contributed by atoms with Gasteiger partial charge in [-0.05, 0) is 53.9 Å². The number of nitrogen functional groups attached to an aromatic ring is 1. The topological polar surface area (TPSA) is 140 Å². The molecule has 0 saturated carbocycles. The molecule has 2 aromatic heterocycles. The number of hydrogen-bond acceptors (Lipinski definition) is 9. The van der Waals surface area contributed by atoms with Crippen molar-refractivity contribution in [1.82, 2.24) is 35.6 Å². The number of anilines is 1. The molecule has 4 rings (SSSR count). The summed E-state index contributed by atoms with van der Waals surface area (Å²) in [6.07, 6.45) is 3.49. The average molecular weight is 399 g/mol. The van der Waals surface area contributed by atoms with Gasteiger partial charge in [0.1, 0.15) is 5.82 Å². The van der Waals surface area contributed by atoms with Crippen LogP contribution in [-0.2, 0) is 6.54 Å². The molecule has 1 fully saturated rings. The van der Waals surface area contributed by atoms with Gasteiger partial charge in [0.25, 0.3) is 5.91 Å². The van der Waals surface area contributed by atoms with Gasteiger partial charge < -0.3 is 5.73 Å². The van der Waals surface area contributed by atoms with Gasteiger partial charge in [-0.25, -0.2) is 14.4 Å².